The minimum absolute atomic E-state index is 0.0473. The summed E-state index contributed by atoms with van der Waals surface area (Å²) >= 11 is 0. The molecule has 0 bridgehead atoms. The lowest BCUT2D eigenvalue weighted by Crippen LogP contribution is -2.38. The summed E-state index contributed by atoms with van der Waals surface area (Å²) in [7, 11) is 0. The summed E-state index contributed by atoms with van der Waals surface area (Å²) in [5.41, 5.74) is 6.92. The van der Waals surface area contributed by atoms with Gasteiger partial charge in [0.1, 0.15) is 0 Å². The topological polar surface area (TPSA) is 41.6 Å². The minimum atomic E-state index is -2.43. The third-order valence-corrected chi connectivity index (χ3v) is 3.23. The summed E-state index contributed by atoms with van der Waals surface area (Å²) in [6, 6.07) is 6.50. The van der Waals surface area contributed by atoms with Gasteiger partial charge in [-0.3, -0.25) is 4.99 Å². The second kappa shape index (κ2) is 5.55. The highest BCUT2D eigenvalue weighted by molar-refractivity contribution is 5.80. The Morgan fingerprint density at radius 2 is 1.95 bits per heavy atom. The van der Waals surface area contributed by atoms with Crippen molar-refractivity contribution in [3.63, 3.8) is 0 Å². The van der Waals surface area contributed by atoms with E-state index >= 15 is 0 Å². The van der Waals surface area contributed by atoms with Gasteiger partial charge < -0.3 is 10.6 Å². The second-order valence-corrected chi connectivity index (χ2v) is 5.23. The molecule has 3 nitrogen and oxygen atoms in total. The zero-order chi connectivity index (χ0) is 14.0. The van der Waals surface area contributed by atoms with Gasteiger partial charge in [0.2, 0.25) is 0 Å². The van der Waals surface area contributed by atoms with Crippen LogP contribution in [-0.2, 0) is 0 Å². The molecule has 2 rings (SSSR count). The Morgan fingerprint density at radius 3 is 2.47 bits per heavy atom. The molecule has 0 aromatic heterocycles. The van der Waals surface area contributed by atoms with Gasteiger partial charge in [-0.25, -0.2) is 8.78 Å². The van der Waals surface area contributed by atoms with E-state index in [1.54, 1.807) is 12.1 Å². The fraction of sp³-hybridized carbons (Fsp3) is 0.500. The first-order chi connectivity index (χ1) is 8.99. The molecule has 1 aromatic carbocycles. The lowest BCUT2D eigenvalue weighted by atomic mass is 10.0. The van der Waals surface area contributed by atoms with E-state index in [0.717, 1.165) is 12.1 Å². The van der Waals surface area contributed by atoms with E-state index in [9.17, 15) is 8.78 Å². The summed E-state index contributed by atoms with van der Waals surface area (Å²) in [6.07, 6.45) is -2.43. The van der Waals surface area contributed by atoms with Gasteiger partial charge >= 0.3 is 0 Å². The maximum absolute atomic E-state index is 12.5. The molecule has 1 aliphatic heterocycles. The normalized spacial score (nSPS) is 19.4. The molecule has 1 aromatic rings. The van der Waals surface area contributed by atoms with Crippen LogP contribution >= 0.6 is 0 Å². The molecule has 0 fully saturated rings. The smallest absolute Gasteiger partial charge is 0.263 e. The van der Waals surface area contributed by atoms with E-state index < -0.39 is 6.43 Å². The molecule has 0 spiro atoms. The van der Waals surface area contributed by atoms with Crippen LogP contribution in [0.2, 0.25) is 0 Å². The van der Waals surface area contributed by atoms with Crippen LogP contribution in [0.1, 0.15) is 37.4 Å². The van der Waals surface area contributed by atoms with Crippen molar-refractivity contribution in [3.8, 4) is 0 Å². The molecule has 104 valence electrons. The molecule has 1 aliphatic rings. The fourth-order valence-corrected chi connectivity index (χ4v) is 2.29. The summed E-state index contributed by atoms with van der Waals surface area (Å²) in [5.74, 6) is 1.01. The highest BCUT2D eigenvalue weighted by Crippen LogP contribution is 2.28. The van der Waals surface area contributed by atoms with Gasteiger partial charge in [-0.2, -0.15) is 0 Å². The van der Waals surface area contributed by atoms with Crippen molar-refractivity contribution >= 4 is 5.96 Å². The molecule has 0 amide bonds. The number of aliphatic imine (C=N–C) groups is 1. The Morgan fingerprint density at radius 1 is 1.32 bits per heavy atom. The van der Waals surface area contributed by atoms with Gasteiger partial charge in [0.15, 0.2) is 5.96 Å². The van der Waals surface area contributed by atoms with Crippen molar-refractivity contribution in [2.45, 2.75) is 26.3 Å². The first-order valence-corrected chi connectivity index (χ1v) is 6.43. The number of alkyl halides is 2. The van der Waals surface area contributed by atoms with Crippen molar-refractivity contribution in [2.75, 3.05) is 13.1 Å². The zero-order valence-electron chi connectivity index (χ0n) is 11.2. The molecule has 19 heavy (non-hydrogen) atoms. The molecule has 1 heterocycles. The van der Waals surface area contributed by atoms with Crippen LogP contribution in [0, 0.1) is 5.92 Å². The van der Waals surface area contributed by atoms with E-state index in [0.29, 0.717) is 18.4 Å². The predicted octanol–water partition coefficient (Wildman–Crippen LogP) is 2.95. The lowest BCUT2D eigenvalue weighted by molar-refractivity contribution is 0.151. The van der Waals surface area contributed by atoms with E-state index in [4.69, 9.17) is 5.73 Å². The average molecular weight is 267 g/mol. The van der Waals surface area contributed by atoms with Crippen molar-refractivity contribution in [2.24, 2.45) is 16.6 Å². The number of halogens is 2. The SMILES string of the molecule is CC(C)CN1C(N)=NCC1c1ccc(C(F)F)cc1. The molecule has 5 heteroatoms. The molecular formula is C14H19F2N3. The van der Waals surface area contributed by atoms with Crippen LogP contribution in [0.5, 0.6) is 0 Å². The summed E-state index contributed by atoms with van der Waals surface area (Å²) in [5, 5.41) is 0. The Balaban J connectivity index is 2.16. The van der Waals surface area contributed by atoms with Crippen LogP contribution in [0.3, 0.4) is 0 Å². The number of hydrogen-bond donors (Lipinski definition) is 1. The fourth-order valence-electron chi connectivity index (χ4n) is 2.29. The largest absolute Gasteiger partial charge is 0.370 e. The Labute approximate surface area is 112 Å². The number of nitrogens with two attached hydrogens (primary N) is 1. The van der Waals surface area contributed by atoms with Crippen LogP contribution in [0.4, 0.5) is 8.78 Å². The average Bonchev–Trinajstić information content (AvgIpc) is 2.71. The van der Waals surface area contributed by atoms with E-state index in [1.807, 2.05) is 4.90 Å². The highest BCUT2D eigenvalue weighted by atomic mass is 19.3. The third kappa shape index (κ3) is 3.03. The van der Waals surface area contributed by atoms with Crippen molar-refractivity contribution in [3.05, 3.63) is 35.4 Å². The van der Waals surface area contributed by atoms with Gasteiger partial charge in [0.05, 0.1) is 12.6 Å². The van der Waals surface area contributed by atoms with Gasteiger partial charge in [-0.15, -0.1) is 0 Å². The Kier molecular flexibility index (Phi) is 4.02. The van der Waals surface area contributed by atoms with E-state index in [1.165, 1.54) is 12.1 Å². The van der Waals surface area contributed by atoms with E-state index in [-0.39, 0.29) is 11.6 Å². The number of rotatable bonds is 4. The van der Waals surface area contributed by atoms with Gasteiger partial charge in [-0.1, -0.05) is 38.1 Å². The Bertz CT molecular complexity index is 454. The number of benzene rings is 1. The minimum Gasteiger partial charge on any atom is -0.370 e. The molecule has 0 saturated carbocycles. The first-order valence-electron chi connectivity index (χ1n) is 6.43. The maximum Gasteiger partial charge on any atom is 0.263 e. The van der Waals surface area contributed by atoms with E-state index in [2.05, 4.69) is 18.8 Å². The molecule has 1 unspecified atom stereocenters. The monoisotopic (exact) mass is 267 g/mol. The third-order valence-electron chi connectivity index (χ3n) is 3.23. The van der Waals surface area contributed by atoms with Gasteiger partial charge in [-0.05, 0) is 11.5 Å². The molecule has 0 radical (unpaired) electrons. The zero-order valence-corrected chi connectivity index (χ0v) is 11.2. The van der Waals surface area contributed by atoms with Gasteiger partial charge in [0.25, 0.3) is 6.43 Å². The first kappa shape index (κ1) is 13.8. The van der Waals surface area contributed by atoms with Crippen LogP contribution < -0.4 is 5.73 Å². The maximum atomic E-state index is 12.5. The van der Waals surface area contributed by atoms with Crippen LogP contribution in [0.25, 0.3) is 0 Å². The predicted molar refractivity (Wildman–Crippen MR) is 72.2 cm³/mol. The van der Waals surface area contributed by atoms with Crippen LogP contribution in [-0.4, -0.2) is 23.9 Å². The summed E-state index contributed by atoms with van der Waals surface area (Å²) < 4.78 is 25.1. The molecule has 1 atom stereocenters. The lowest BCUT2D eigenvalue weighted by Gasteiger charge is -2.28. The summed E-state index contributed by atoms with van der Waals surface area (Å²) in [6.45, 7) is 5.63. The van der Waals surface area contributed by atoms with Crippen molar-refractivity contribution in [1.29, 1.82) is 0 Å². The van der Waals surface area contributed by atoms with Crippen LogP contribution in [0.15, 0.2) is 29.3 Å². The molecule has 2 N–H and O–H groups in total. The second-order valence-electron chi connectivity index (χ2n) is 5.23. The van der Waals surface area contributed by atoms with Gasteiger partial charge in [0, 0.05) is 12.1 Å². The quantitative estimate of drug-likeness (QED) is 0.911. The Hall–Kier alpha value is -1.65. The van der Waals surface area contributed by atoms with Crippen molar-refractivity contribution in [1.82, 2.24) is 4.90 Å². The molecule has 0 aliphatic carbocycles. The highest BCUT2D eigenvalue weighted by Gasteiger charge is 2.27. The summed E-state index contributed by atoms with van der Waals surface area (Å²) in [4.78, 5) is 6.30. The standard InChI is InChI=1S/C14H19F2N3/c1-9(2)8-19-12(7-18-14(19)17)10-3-5-11(6-4-10)13(15)16/h3-6,9,12-13H,7-8H2,1-2H3,(H2,17,18). The number of guanidine groups is 1. The molecule has 0 saturated heterocycles. The molecular weight excluding hydrogens is 248 g/mol. The number of nitrogens with zero attached hydrogens (tertiary/aromatic N) is 2. The number of hydrogen-bond acceptors (Lipinski definition) is 3. The van der Waals surface area contributed by atoms with Crippen molar-refractivity contribution < 1.29 is 8.78 Å².